The molecule has 2 N–H and O–H groups in total. The van der Waals surface area contributed by atoms with E-state index >= 15 is 0 Å². The van der Waals surface area contributed by atoms with Gasteiger partial charge in [-0.25, -0.2) is 13.1 Å². The summed E-state index contributed by atoms with van der Waals surface area (Å²) in [7, 11) is -2.18. The fourth-order valence-electron chi connectivity index (χ4n) is 6.14. The van der Waals surface area contributed by atoms with Gasteiger partial charge in [0, 0.05) is 31.1 Å². The van der Waals surface area contributed by atoms with Gasteiger partial charge < -0.3 is 14.8 Å². The SMILES string of the molecule is Cc1ccc2[nH]c(=O)c(C[C@@H](C#N)N(C)C(=O)[C@@H]3[C@@H]4[C@H](CN3C(=O)[C@@H](NS(C)(=O)=O)C(C)(C)C)C4(C)C)cc2c1. The third-order valence-electron chi connectivity index (χ3n) is 8.64. The van der Waals surface area contributed by atoms with Crippen molar-refractivity contribution in [1.29, 1.82) is 5.26 Å². The normalized spacial score (nSPS) is 23.3. The van der Waals surface area contributed by atoms with Crippen molar-refractivity contribution in [2.24, 2.45) is 22.7 Å². The zero-order valence-electron chi connectivity index (χ0n) is 24.4. The van der Waals surface area contributed by atoms with Crippen LogP contribution in [0.2, 0.25) is 0 Å². The number of H-pyrrole nitrogens is 1. The third-order valence-corrected chi connectivity index (χ3v) is 9.31. The molecule has 5 atom stereocenters. The maximum absolute atomic E-state index is 14.0. The minimum absolute atomic E-state index is 0.0242. The van der Waals surface area contributed by atoms with E-state index in [1.165, 1.54) is 16.8 Å². The Morgan fingerprint density at radius 2 is 1.93 bits per heavy atom. The Morgan fingerprint density at radius 1 is 1.27 bits per heavy atom. The zero-order valence-corrected chi connectivity index (χ0v) is 25.2. The number of hydrogen-bond donors (Lipinski definition) is 2. The summed E-state index contributed by atoms with van der Waals surface area (Å²) in [5, 5.41) is 10.9. The standard InChI is InChI=1S/C29H39N5O5S/c1-16-9-10-21-17(11-16)12-18(25(35)31-21)13-19(14-30)33(7)26(36)23-22-20(29(22,5)6)15-34(23)27(37)24(28(2,3)4)32-40(8,38)39/h9-12,19-20,22-24,32H,13,15H2,1-8H3,(H,31,35)/t19-,20-,22-,23-,24+/m0/s1. The molecule has 1 aliphatic carbocycles. The molecule has 2 aromatic rings. The molecule has 0 spiro atoms. The molecule has 4 rings (SSSR count). The Balaban J connectivity index is 1.63. The lowest BCUT2D eigenvalue weighted by Crippen LogP contribution is -2.59. The van der Waals surface area contributed by atoms with Gasteiger partial charge in [-0.1, -0.05) is 46.2 Å². The fraction of sp³-hybridized carbons (Fsp3) is 0.586. The Labute approximate surface area is 235 Å². The van der Waals surface area contributed by atoms with Gasteiger partial charge in [-0.05, 0) is 53.2 Å². The minimum atomic E-state index is -3.70. The van der Waals surface area contributed by atoms with Gasteiger partial charge in [-0.3, -0.25) is 14.4 Å². The number of likely N-dealkylation sites (N-methyl/N-ethyl adjacent to an activating group) is 1. The number of hydrogen-bond acceptors (Lipinski definition) is 6. The van der Waals surface area contributed by atoms with E-state index in [9.17, 15) is 28.1 Å². The van der Waals surface area contributed by atoms with Gasteiger partial charge in [0.1, 0.15) is 18.1 Å². The highest BCUT2D eigenvalue weighted by atomic mass is 32.2. The molecule has 2 amide bonds. The molecule has 1 saturated carbocycles. The highest BCUT2D eigenvalue weighted by Crippen LogP contribution is 2.65. The number of carbonyl (C=O) groups is 2. The van der Waals surface area contributed by atoms with Crippen molar-refractivity contribution in [1.82, 2.24) is 19.5 Å². The van der Waals surface area contributed by atoms with E-state index in [-0.39, 0.29) is 29.2 Å². The van der Waals surface area contributed by atoms with Gasteiger partial charge in [0.15, 0.2) is 0 Å². The van der Waals surface area contributed by atoms with Crippen LogP contribution in [0.5, 0.6) is 0 Å². The summed E-state index contributed by atoms with van der Waals surface area (Å²) in [5.74, 6) is -0.873. The molecule has 1 aromatic heterocycles. The van der Waals surface area contributed by atoms with Crippen LogP contribution in [0, 0.1) is 40.9 Å². The molecule has 0 unspecified atom stereocenters. The van der Waals surface area contributed by atoms with Crippen LogP contribution in [0.3, 0.4) is 0 Å². The van der Waals surface area contributed by atoms with Crippen LogP contribution in [-0.2, 0) is 26.0 Å². The van der Waals surface area contributed by atoms with E-state index in [2.05, 4.69) is 29.6 Å². The number of sulfonamides is 1. The average molecular weight is 570 g/mol. The molecule has 0 radical (unpaired) electrons. The Hall–Kier alpha value is -3.23. The summed E-state index contributed by atoms with van der Waals surface area (Å²) in [5.41, 5.74) is 0.870. The molecular formula is C29H39N5O5S. The molecule has 216 valence electrons. The molecule has 2 heterocycles. The van der Waals surface area contributed by atoms with Crippen LogP contribution in [0.15, 0.2) is 29.1 Å². The number of likely N-dealkylation sites (tertiary alicyclic amines) is 1. The maximum Gasteiger partial charge on any atom is 0.251 e. The van der Waals surface area contributed by atoms with Crippen molar-refractivity contribution in [2.75, 3.05) is 19.8 Å². The Bertz CT molecular complexity index is 1570. The van der Waals surface area contributed by atoms with Gasteiger partial charge in [-0.2, -0.15) is 5.26 Å². The van der Waals surface area contributed by atoms with Gasteiger partial charge in [-0.15, -0.1) is 0 Å². The second-order valence-corrected chi connectivity index (χ2v) is 14.9. The topological polar surface area (TPSA) is 143 Å². The van der Waals surface area contributed by atoms with Crippen molar-refractivity contribution in [3.63, 3.8) is 0 Å². The highest BCUT2D eigenvalue weighted by Gasteiger charge is 2.70. The predicted molar refractivity (Wildman–Crippen MR) is 153 cm³/mol. The van der Waals surface area contributed by atoms with Crippen molar-refractivity contribution in [3.8, 4) is 6.07 Å². The zero-order chi connectivity index (χ0) is 29.9. The largest absolute Gasteiger partial charge is 0.329 e. The van der Waals surface area contributed by atoms with Crippen LogP contribution in [0.25, 0.3) is 10.9 Å². The maximum atomic E-state index is 14.0. The molecule has 10 nitrogen and oxygen atoms in total. The summed E-state index contributed by atoms with van der Waals surface area (Å²) in [4.78, 5) is 46.3. The molecular weight excluding hydrogens is 530 g/mol. The molecule has 0 bridgehead atoms. The van der Waals surface area contributed by atoms with E-state index in [0.717, 1.165) is 17.2 Å². The number of nitriles is 1. The number of pyridine rings is 1. The van der Waals surface area contributed by atoms with Crippen LogP contribution in [0.4, 0.5) is 0 Å². The minimum Gasteiger partial charge on any atom is -0.329 e. The summed E-state index contributed by atoms with van der Waals surface area (Å²) >= 11 is 0. The second kappa shape index (κ2) is 10.00. The third kappa shape index (κ3) is 5.52. The van der Waals surface area contributed by atoms with Crippen LogP contribution < -0.4 is 10.3 Å². The van der Waals surface area contributed by atoms with Crippen LogP contribution in [-0.4, -0.2) is 73.0 Å². The quantitative estimate of drug-likeness (QED) is 0.523. The lowest BCUT2D eigenvalue weighted by Gasteiger charge is -2.38. The first-order valence-electron chi connectivity index (χ1n) is 13.4. The van der Waals surface area contributed by atoms with Crippen molar-refractivity contribution in [2.45, 2.75) is 66.1 Å². The summed E-state index contributed by atoms with van der Waals surface area (Å²) in [6.45, 7) is 11.7. The van der Waals surface area contributed by atoms with Crippen molar-refractivity contribution >= 4 is 32.7 Å². The summed E-state index contributed by atoms with van der Waals surface area (Å²) in [6, 6.07) is 6.76. The number of aryl methyl sites for hydroxylation is 1. The number of nitrogens with zero attached hydrogens (tertiary/aromatic N) is 3. The molecule has 2 fully saturated rings. The van der Waals surface area contributed by atoms with E-state index in [4.69, 9.17) is 0 Å². The molecule has 11 heteroatoms. The van der Waals surface area contributed by atoms with Gasteiger partial charge in [0.25, 0.3) is 5.56 Å². The lowest BCUT2D eigenvalue weighted by molar-refractivity contribution is -0.148. The number of piperidine rings is 1. The number of aromatic amines is 1. The van der Waals surface area contributed by atoms with E-state index in [0.29, 0.717) is 17.6 Å². The summed E-state index contributed by atoms with van der Waals surface area (Å²) in [6.07, 6.45) is 1.03. The van der Waals surface area contributed by atoms with Crippen LogP contribution in [0.1, 0.15) is 45.7 Å². The second-order valence-electron chi connectivity index (χ2n) is 13.1. The highest BCUT2D eigenvalue weighted by molar-refractivity contribution is 7.88. The van der Waals surface area contributed by atoms with Gasteiger partial charge in [0.2, 0.25) is 21.8 Å². The first kappa shape index (κ1) is 29.7. The van der Waals surface area contributed by atoms with Crippen molar-refractivity contribution in [3.05, 3.63) is 45.7 Å². The average Bonchev–Trinajstić information content (AvgIpc) is 3.16. The van der Waals surface area contributed by atoms with E-state index < -0.39 is 45.4 Å². The molecule has 1 saturated heterocycles. The first-order valence-corrected chi connectivity index (χ1v) is 15.3. The molecule has 1 aliphatic heterocycles. The Morgan fingerprint density at radius 3 is 2.50 bits per heavy atom. The first-order chi connectivity index (χ1) is 18.4. The number of nitrogens with one attached hydrogen (secondary N) is 2. The molecule has 40 heavy (non-hydrogen) atoms. The van der Waals surface area contributed by atoms with Gasteiger partial charge in [0.05, 0.1) is 12.3 Å². The molecule has 2 aliphatic rings. The predicted octanol–water partition coefficient (Wildman–Crippen LogP) is 2.18. The monoisotopic (exact) mass is 569 g/mol. The number of benzene rings is 1. The fourth-order valence-corrected chi connectivity index (χ4v) is 7.02. The lowest BCUT2D eigenvalue weighted by atomic mass is 9.86. The summed E-state index contributed by atoms with van der Waals surface area (Å²) < 4.78 is 26.7. The molecule has 1 aromatic carbocycles. The van der Waals surface area contributed by atoms with Crippen molar-refractivity contribution < 1.29 is 18.0 Å². The van der Waals surface area contributed by atoms with Gasteiger partial charge >= 0.3 is 0 Å². The number of amides is 2. The van der Waals surface area contributed by atoms with Crippen LogP contribution >= 0.6 is 0 Å². The smallest absolute Gasteiger partial charge is 0.251 e. The Kier molecular flexibility index (Phi) is 7.43. The van der Waals surface area contributed by atoms with E-state index in [1.54, 1.807) is 26.8 Å². The number of aromatic nitrogens is 1. The number of rotatable bonds is 7. The van der Waals surface area contributed by atoms with E-state index in [1.807, 2.05) is 25.1 Å². The number of carbonyl (C=O) groups excluding carboxylic acids is 2. The number of fused-ring (bicyclic) bond motifs is 2.